The minimum atomic E-state index is 0.0179. The molecule has 2 heteroatoms. The summed E-state index contributed by atoms with van der Waals surface area (Å²) in [6, 6.07) is 9.08. The quantitative estimate of drug-likeness (QED) is 0.640. The molecule has 2 nitrogen and oxygen atoms in total. The molecule has 1 aromatic carbocycles. The molecule has 1 aromatic rings. The summed E-state index contributed by atoms with van der Waals surface area (Å²) in [6.07, 6.45) is 3.23. The van der Waals surface area contributed by atoms with Gasteiger partial charge in [-0.3, -0.25) is 4.79 Å². The Morgan fingerprint density at radius 2 is 2.00 bits per heavy atom. The van der Waals surface area contributed by atoms with Crippen LogP contribution in [0.3, 0.4) is 0 Å². The first-order valence-electron chi connectivity index (χ1n) is 3.91. The van der Waals surface area contributed by atoms with E-state index in [9.17, 15) is 4.79 Å². The van der Waals surface area contributed by atoms with Crippen LogP contribution in [0, 0.1) is 11.3 Å². The molecule has 0 saturated heterocycles. The molecule has 0 aliphatic carbocycles. The van der Waals surface area contributed by atoms with Gasteiger partial charge in [-0.1, -0.05) is 18.2 Å². The van der Waals surface area contributed by atoms with Gasteiger partial charge in [-0.15, -0.1) is 0 Å². The maximum Gasteiger partial charge on any atom is 0.152 e. The van der Waals surface area contributed by atoms with Gasteiger partial charge in [-0.2, -0.15) is 5.26 Å². The van der Waals surface area contributed by atoms with Crippen molar-refractivity contribution in [3.8, 4) is 6.07 Å². The summed E-state index contributed by atoms with van der Waals surface area (Å²) in [5.74, 6) is 0.0179. The van der Waals surface area contributed by atoms with Gasteiger partial charge in [-0.05, 0) is 30.7 Å². The number of benzene rings is 1. The van der Waals surface area contributed by atoms with Gasteiger partial charge in [0, 0.05) is 0 Å². The number of rotatable bonds is 2. The molecule has 0 aromatic heterocycles. The molecule has 0 unspecified atom stereocenters. The van der Waals surface area contributed by atoms with Crippen LogP contribution in [0.1, 0.15) is 18.1 Å². The topological polar surface area (TPSA) is 40.9 Å². The van der Waals surface area contributed by atoms with E-state index in [-0.39, 0.29) is 5.78 Å². The van der Waals surface area contributed by atoms with E-state index in [0.29, 0.717) is 5.56 Å². The number of hydrogen-bond donors (Lipinski definition) is 0. The number of nitrogens with zero attached hydrogens (tertiary/aromatic N) is 1. The molecule has 64 valence electrons. The molecule has 1 rings (SSSR count). The van der Waals surface area contributed by atoms with Crippen molar-refractivity contribution in [2.45, 2.75) is 6.92 Å². The van der Waals surface area contributed by atoms with Crippen LogP contribution in [0.25, 0.3) is 6.08 Å². The average Bonchev–Trinajstić information content (AvgIpc) is 2.15. The van der Waals surface area contributed by atoms with Crippen molar-refractivity contribution in [1.29, 1.82) is 5.26 Å². The van der Waals surface area contributed by atoms with Crippen molar-refractivity contribution in [2.24, 2.45) is 0 Å². The second-order valence-electron chi connectivity index (χ2n) is 2.68. The van der Waals surface area contributed by atoms with Crippen LogP contribution in [0.2, 0.25) is 0 Å². The van der Waals surface area contributed by atoms with Gasteiger partial charge >= 0.3 is 0 Å². The molecule has 0 spiro atoms. The lowest BCUT2D eigenvalue weighted by molar-refractivity contribution is -0.112. The Morgan fingerprint density at radius 3 is 2.46 bits per heavy atom. The Balaban J connectivity index is 2.82. The standard InChI is InChI=1S/C11H9NO/c1-9(13)2-3-10-4-6-11(8-12)7-5-10/h2-7H,1H3. The number of allylic oxidation sites excluding steroid dienone is 1. The van der Waals surface area contributed by atoms with Gasteiger partial charge in [-0.25, -0.2) is 0 Å². The maximum atomic E-state index is 10.6. The van der Waals surface area contributed by atoms with Crippen LogP contribution in [0.15, 0.2) is 30.3 Å². The van der Waals surface area contributed by atoms with Crippen molar-refractivity contribution in [3.63, 3.8) is 0 Å². The van der Waals surface area contributed by atoms with Crippen molar-refractivity contribution in [2.75, 3.05) is 0 Å². The summed E-state index contributed by atoms with van der Waals surface area (Å²) in [4.78, 5) is 10.6. The van der Waals surface area contributed by atoms with Crippen LogP contribution in [0.5, 0.6) is 0 Å². The van der Waals surface area contributed by atoms with E-state index in [1.807, 2.05) is 6.07 Å². The molecule has 0 saturated carbocycles. The Kier molecular flexibility index (Phi) is 2.99. The molecule has 0 radical (unpaired) electrons. The van der Waals surface area contributed by atoms with E-state index in [1.54, 1.807) is 30.3 Å². The van der Waals surface area contributed by atoms with Gasteiger partial charge in [0.05, 0.1) is 11.6 Å². The summed E-state index contributed by atoms with van der Waals surface area (Å²) < 4.78 is 0. The number of carbonyl (C=O) groups is 1. The molecule has 0 heterocycles. The van der Waals surface area contributed by atoms with Gasteiger partial charge in [0.25, 0.3) is 0 Å². The second kappa shape index (κ2) is 4.22. The SMILES string of the molecule is CC(=O)C=Cc1ccc(C#N)cc1. The smallest absolute Gasteiger partial charge is 0.152 e. The highest BCUT2D eigenvalue weighted by Crippen LogP contribution is 2.04. The molecule has 0 bridgehead atoms. The number of nitriles is 1. The predicted molar refractivity (Wildman–Crippen MR) is 50.9 cm³/mol. The number of hydrogen-bond acceptors (Lipinski definition) is 2. The summed E-state index contributed by atoms with van der Waals surface area (Å²) >= 11 is 0. The molecule has 0 N–H and O–H groups in total. The zero-order chi connectivity index (χ0) is 9.68. The normalized spacial score (nSPS) is 9.85. The molecular formula is C11H9NO. The number of ketones is 1. The minimum absolute atomic E-state index is 0.0179. The van der Waals surface area contributed by atoms with Crippen LogP contribution < -0.4 is 0 Å². The highest BCUT2D eigenvalue weighted by Gasteiger charge is 1.89. The lowest BCUT2D eigenvalue weighted by Gasteiger charge is -1.91. The molecule has 0 atom stereocenters. The predicted octanol–water partition coefficient (Wildman–Crippen LogP) is 2.16. The van der Waals surface area contributed by atoms with E-state index in [4.69, 9.17) is 5.26 Å². The van der Waals surface area contributed by atoms with E-state index in [1.165, 1.54) is 13.0 Å². The first kappa shape index (κ1) is 9.21. The largest absolute Gasteiger partial charge is 0.295 e. The van der Waals surface area contributed by atoms with E-state index in [0.717, 1.165) is 5.56 Å². The highest BCUT2D eigenvalue weighted by atomic mass is 16.1. The minimum Gasteiger partial charge on any atom is -0.295 e. The Bertz CT molecular complexity index is 368. The molecular weight excluding hydrogens is 162 g/mol. The maximum absolute atomic E-state index is 10.6. The first-order chi connectivity index (χ1) is 6.22. The van der Waals surface area contributed by atoms with Gasteiger partial charge in [0.2, 0.25) is 0 Å². The molecule has 0 aliphatic heterocycles. The summed E-state index contributed by atoms with van der Waals surface area (Å²) in [5.41, 5.74) is 1.55. The van der Waals surface area contributed by atoms with E-state index in [2.05, 4.69) is 0 Å². The third-order valence-corrected chi connectivity index (χ3v) is 1.55. The lowest BCUT2D eigenvalue weighted by atomic mass is 10.1. The molecule has 0 amide bonds. The van der Waals surface area contributed by atoms with Crippen molar-refractivity contribution >= 4 is 11.9 Å². The Labute approximate surface area is 77.1 Å². The fourth-order valence-electron chi connectivity index (χ4n) is 0.882. The van der Waals surface area contributed by atoms with Crippen LogP contribution in [0.4, 0.5) is 0 Å². The fraction of sp³-hybridized carbons (Fsp3) is 0.0909. The molecule has 0 aliphatic rings. The summed E-state index contributed by atoms with van der Waals surface area (Å²) in [7, 11) is 0. The lowest BCUT2D eigenvalue weighted by Crippen LogP contribution is -1.80. The van der Waals surface area contributed by atoms with Gasteiger partial charge < -0.3 is 0 Å². The zero-order valence-electron chi connectivity index (χ0n) is 7.32. The van der Waals surface area contributed by atoms with Gasteiger partial charge in [0.1, 0.15) is 0 Å². The second-order valence-corrected chi connectivity index (χ2v) is 2.68. The Morgan fingerprint density at radius 1 is 1.38 bits per heavy atom. The number of carbonyl (C=O) groups excluding carboxylic acids is 1. The van der Waals surface area contributed by atoms with E-state index < -0.39 is 0 Å². The average molecular weight is 171 g/mol. The highest BCUT2D eigenvalue weighted by molar-refractivity contribution is 5.91. The molecule has 0 fully saturated rings. The monoisotopic (exact) mass is 171 g/mol. The zero-order valence-corrected chi connectivity index (χ0v) is 7.32. The van der Waals surface area contributed by atoms with Crippen molar-refractivity contribution < 1.29 is 4.79 Å². The third kappa shape index (κ3) is 2.92. The van der Waals surface area contributed by atoms with Gasteiger partial charge in [0.15, 0.2) is 5.78 Å². The van der Waals surface area contributed by atoms with Crippen LogP contribution in [-0.2, 0) is 4.79 Å². The fourth-order valence-corrected chi connectivity index (χ4v) is 0.882. The van der Waals surface area contributed by atoms with Crippen LogP contribution >= 0.6 is 0 Å². The molecule has 13 heavy (non-hydrogen) atoms. The van der Waals surface area contributed by atoms with Crippen molar-refractivity contribution in [1.82, 2.24) is 0 Å². The first-order valence-corrected chi connectivity index (χ1v) is 3.91. The summed E-state index contributed by atoms with van der Waals surface area (Å²) in [5, 5.41) is 8.52. The Hall–Kier alpha value is -1.88. The summed E-state index contributed by atoms with van der Waals surface area (Å²) in [6.45, 7) is 1.50. The third-order valence-electron chi connectivity index (χ3n) is 1.55. The van der Waals surface area contributed by atoms with Crippen molar-refractivity contribution in [3.05, 3.63) is 41.5 Å². The van der Waals surface area contributed by atoms with E-state index >= 15 is 0 Å². The van der Waals surface area contributed by atoms with Crippen LogP contribution in [-0.4, -0.2) is 5.78 Å².